The van der Waals surface area contributed by atoms with Crippen molar-refractivity contribution in [1.29, 1.82) is 0 Å². The molecule has 2 aromatic rings. The molecule has 1 aromatic carbocycles. The minimum Gasteiger partial charge on any atom is -0.478 e. The number of carboxylic acid groups (broad SMARTS) is 1. The fraction of sp³-hybridized carbons (Fsp3) is 0.250. The van der Waals surface area contributed by atoms with Gasteiger partial charge in [0.05, 0.1) is 40.2 Å². The number of aliphatic imine (C=N–C) groups is 1. The lowest BCUT2D eigenvalue weighted by atomic mass is 10.2. The van der Waals surface area contributed by atoms with Gasteiger partial charge >= 0.3 is 5.97 Å². The Kier molecular flexibility index (Phi) is 5.23. The van der Waals surface area contributed by atoms with Crippen LogP contribution in [0.15, 0.2) is 38.1 Å². The van der Waals surface area contributed by atoms with Crippen LogP contribution in [0.25, 0.3) is 0 Å². The number of carbonyl (C=O) groups is 1. The predicted octanol–water partition coefficient (Wildman–Crippen LogP) is 3.98. The van der Waals surface area contributed by atoms with Crippen molar-refractivity contribution >= 4 is 51.3 Å². The molecular weight excluding hydrogens is 400 g/mol. The van der Waals surface area contributed by atoms with Gasteiger partial charge in [-0.2, -0.15) is 0 Å². The van der Waals surface area contributed by atoms with E-state index in [4.69, 9.17) is 25.9 Å². The lowest BCUT2D eigenvalue weighted by Gasteiger charge is -2.26. The van der Waals surface area contributed by atoms with E-state index in [0.717, 1.165) is 23.4 Å². The molecule has 24 heavy (non-hydrogen) atoms. The second kappa shape index (κ2) is 7.38. The van der Waals surface area contributed by atoms with Crippen LogP contribution in [-0.4, -0.2) is 43.6 Å². The third-order valence-electron chi connectivity index (χ3n) is 3.51. The maximum Gasteiger partial charge on any atom is 0.335 e. The van der Waals surface area contributed by atoms with Gasteiger partial charge in [-0.25, -0.2) is 4.79 Å². The van der Waals surface area contributed by atoms with Gasteiger partial charge in [-0.1, -0.05) is 11.6 Å². The van der Waals surface area contributed by atoms with Gasteiger partial charge in [-0.3, -0.25) is 4.99 Å². The summed E-state index contributed by atoms with van der Waals surface area (Å²) in [5.74, 6) is 0.240. The Bertz CT molecular complexity index is 784. The molecule has 1 aromatic heterocycles. The summed E-state index contributed by atoms with van der Waals surface area (Å²) in [6, 6.07) is 6.17. The van der Waals surface area contributed by atoms with E-state index in [9.17, 15) is 4.79 Å². The van der Waals surface area contributed by atoms with Crippen LogP contribution in [0.4, 0.5) is 11.6 Å². The van der Waals surface area contributed by atoms with Crippen molar-refractivity contribution in [2.75, 3.05) is 31.2 Å². The van der Waals surface area contributed by atoms with Gasteiger partial charge in [0.15, 0.2) is 0 Å². The highest BCUT2D eigenvalue weighted by molar-refractivity contribution is 9.10. The van der Waals surface area contributed by atoms with Crippen LogP contribution in [0, 0.1) is 0 Å². The van der Waals surface area contributed by atoms with Gasteiger partial charge in [0, 0.05) is 19.2 Å². The zero-order valence-corrected chi connectivity index (χ0v) is 14.9. The molecule has 0 atom stereocenters. The lowest BCUT2D eigenvalue weighted by Crippen LogP contribution is -2.36. The van der Waals surface area contributed by atoms with Crippen LogP contribution < -0.4 is 4.90 Å². The molecule has 1 N–H and O–H groups in total. The Labute approximate surface area is 151 Å². The molecule has 126 valence electrons. The quantitative estimate of drug-likeness (QED) is 0.767. The average Bonchev–Trinajstić information content (AvgIpc) is 2.95. The number of carboxylic acids is 1. The van der Waals surface area contributed by atoms with Gasteiger partial charge in [-0.05, 0) is 34.1 Å². The van der Waals surface area contributed by atoms with Gasteiger partial charge in [0.25, 0.3) is 0 Å². The molecule has 1 fully saturated rings. The number of rotatable bonds is 4. The second-order valence-corrected chi connectivity index (χ2v) is 6.39. The van der Waals surface area contributed by atoms with Gasteiger partial charge in [0.1, 0.15) is 5.76 Å². The first-order valence-corrected chi connectivity index (χ1v) is 8.40. The minimum absolute atomic E-state index is 0.126. The number of nitrogens with zero attached hydrogens (tertiary/aromatic N) is 2. The molecule has 0 spiro atoms. The number of aromatic carboxylic acids is 1. The van der Waals surface area contributed by atoms with E-state index in [2.05, 4.69) is 25.8 Å². The largest absolute Gasteiger partial charge is 0.478 e. The molecule has 6 nitrogen and oxygen atoms in total. The second-order valence-electron chi connectivity index (χ2n) is 5.13. The Balaban J connectivity index is 1.82. The van der Waals surface area contributed by atoms with Gasteiger partial charge in [-0.15, -0.1) is 0 Å². The molecule has 2 heterocycles. The number of anilines is 1. The molecule has 8 heteroatoms. The number of benzene rings is 1. The molecule has 0 saturated carbocycles. The number of furan rings is 1. The van der Waals surface area contributed by atoms with E-state index in [-0.39, 0.29) is 5.56 Å². The molecule has 1 aliphatic heterocycles. The highest BCUT2D eigenvalue weighted by Crippen LogP contribution is 2.31. The van der Waals surface area contributed by atoms with Crippen LogP contribution in [-0.2, 0) is 4.74 Å². The molecule has 0 aliphatic carbocycles. The SMILES string of the molecule is O=C(O)c1ccc(Cl)c(N=Cc2cc(Br)c(N3CCOCC3)o2)c1. The topological polar surface area (TPSA) is 75.3 Å². The monoisotopic (exact) mass is 412 g/mol. The standard InChI is InChI=1S/C16H14BrClN2O4/c17-12-8-11(24-15(12)20-3-5-23-6-4-20)9-19-14-7-10(16(21)22)1-2-13(14)18/h1-2,7-9H,3-6H2,(H,21,22). The van der Waals surface area contributed by atoms with Crippen LogP contribution in [0.3, 0.4) is 0 Å². The Morgan fingerprint density at radius 3 is 2.79 bits per heavy atom. The Morgan fingerprint density at radius 2 is 2.08 bits per heavy atom. The molecule has 0 unspecified atom stereocenters. The first-order chi connectivity index (χ1) is 11.5. The average molecular weight is 414 g/mol. The summed E-state index contributed by atoms with van der Waals surface area (Å²) in [5, 5.41) is 9.40. The normalized spacial score (nSPS) is 15.2. The van der Waals surface area contributed by atoms with E-state index in [0.29, 0.717) is 29.7 Å². The molecule has 1 aliphatic rings. The number of morpholine rings is 1. The Hall–Kier alpha value is -1.83. The maximum atomic E-state index is 11.0. The van der Waals surface area contributed by atoms with E-state index in [1.54, 1.807) is 0 Å². The Morgan fingerprint density at radius 1 is 1.33 bits per heavy atom. The highest BCUT2D eigenvalue weighted by Gasteiger charge is 2.18. The molecule has 3 rings (SSSR count). The van der Waals surface area contributed by atoms with Crippen LogP contribution in [0.1, 0.15) is 16.1 Å². The third-order valence-corrected chi connectivity index (χ3v) is 4.40. The van der Waals surface area contributed by atoms with Gasteiger partial charge < -0.3 is 19.2 Å². The van der Waals surface area contributed by atoms with E-state index in [1.807, 2.05) is 6.07 Å². The summed E-state index contributed by atoms with van der Waals surface area (Å²) in [5.41, 5.74) is 0.498. The van der Waals surface area contributed by atoms with Crippen molar-refractivity contribution in [2.45, 2.75) is 0 Å². The van der Waals surface area contributed by atoms with Crippen LogP contribution in [0.5, 0.6) is 0 Å². The lowest BCUT2D eigenvalue weighted by molar-refractivity contribution is 0.0697. The number of ether oxygens (including phenoxy) is 1. The van der Waals surface area contributed by atoms with Crippen molar-refractivity contribution in [3.05, 3.63) is 45.1 Å². The summed E-state index contributed by atoms with van der Waals surface area (Å²) >= 11 is 9.54. The van der Waals surface area contributed by atoms with Crippen molar-refractivity contribution in [3.8, 4) is 0 Å². The van der Waals surface area contributed by atoms with E-state index in [1.165, 1.54) is 24.4 Å². The molecule has 0 bridgehead atoms. The van der Waals surface area contributed by atoms with E-state index < -0.39 is 5.97 Å². The summed E-state index contributed by atoms with van der Waals surface area (Å²) in [7, 11) is 0. The fourth-order valence-electron chi connectivity index (χ4n) is 2.30. The number of hydrogen-bond donors (Lipinski definition) is 1. The van der Waals surface area contributed by atoms with Crippen molar-refractivity contribution < 1.29 is 19.1 Å². The minimum atomic E-state index is -1.03. The summed E-state index contributed by atoms with van der Waals surface area (Å²) in [4.78, 5) is 17.4. The fourth-order valence-corrected chi connectivity index (χ4v) is 3.02. The van der Waals surface area contributed by atoms with Crippen molar-refractivity contribution in [2.24, 2.45) is 4.99 Å². The van der Waals surface area contributed by atoms with Gasteiger partial charge in [0.2, 0.25) is 5.88 Å². The summed E-state index contributed by atoms with van der Waals surface area (Å²) in [6.45, 7) is 2.84. The third kappa shape index (κ3) is 3.80. The highest BCUT2D eigenvalue weighted by atomic mass is 79.9. The predicted molar refractivity (Wildman–Crippen MR) is 95.1 cm³/mol. The molecule has 0 amide bonds. The smallest absolute Gasteiger partial charge is 0.335 e. The van der Waals surface area contributed by atoms with Crippen LogP contribution in [0.2, 0.25) is 5.02 Å². The summed E-state index contributed by atoms with van der Waals surface area (Å²) < 4.78 is 12.0. The number of halogens is 2. The van der Waals surface area contributed by atoms with Crippen molar-refractivity contribution in [1.82, 2.24) is 0 Å². The zero-order valence-electron chi connectivity index (χ0n) is 12.5. The molecular formula is C16H14BrClN2O4. The summed E-state index contributed by atoms with van der Waals surface area (Å²) in [6.07, 6.45) is 1.52. The molecule has 0 radical (unpaired) electrons. The first-order valence-electron chi connectivity index (χ1n) is 7.23. The molecule has 1 saturated heterocycles. The van der Waals surface area contributed by atoms with E-state index >= 15 is 0 Å². The first kappa shape index (κ1) is 17.0. The van der Waals surface area contributed by atoms with Crippen molar-refractivity contribution in [3.63, 3.8) is 0 Å². The number of hydrogen-bond acceptors (Lipinski definition) is 5. The maximum absolute atomic E-state index is 11.0. The van der Waals surface area contributed by atoms with Crippen LogP contribution >= 0.6 is 27.5 Å². The zero-order chi connectivity index (χ0) is 17.1.